The minimum atomic E-state index is -2.65. The van der Waals surface area contributed by atoms with Crippen LogP contribution in [0.4, 0.5) is 20.3 Å². The van der Waals surface area contributed by atoms with Gasteiger partial charge in [0.05, 0.1) is 37.6 Å². The minimum absolute atomic E-state index is 0.00483. The number of hydrogen-bond donors (Lipinski definition) is 1. The van der Waals surface area contributed by atoms with Gasteiger partial charge in [-0.1, -0.05) is 27.7 Å². The SMILES string of the molecule is COc1cc(OC2C(C)(C)C(NC(=O)c3ccc(OC4CCC5(CC4)CC(N4CCC(n6nc(N7CCCc8cc(-c9cnn(C)c9)c(C(F)F)cc87)c7c6CCN(C(C)=O)C7)CC4)C5)cc3)C2(C)C)ccc1C#N. The third-order valence-electron chi connectivity index (χ3n) is 18.2. The molecule has 75 heavy (non-hydrogen) atoms. The molecule has 2 amide bonds. The second kappa shape index (κ2) is 19.6. The van der Waals surface area contributed by atoms with E-state index in [1.165, 1.54) is 25.6 Å². The zero-order valence-corrected chi connectivity index (χ0v) is 44.5. The topological polar surface area (TPSA) is 143 Å². The average Bonchev–Trinajstić information content (AvgIpc) is 4.01. The van der Waals surface area contributed by atoms with Gasteiger partial charge in [-0.2, -0.15) is 15.5 Å². The maximum atomic E-state index is 14.8. The van der Waals surface area contributed by atoms with E-state index in [-0.39, 0.29) is 52.5 Å². The van der Waals surface area contributed by atoms with Gasteiger partial charge in [-0.3, -0.25) is 19.0 Å². The van der Waals surface area contributed by atoms with E-state index in [0.29, 0.717) is 64.8 Å². The highest BCUT2D eigenvalue weighted by Gasteiger charge is 2.64. The van der Waals surface area contributed by atoms with Crippen LogP contribution >= 0.6 is 0 Å². The molecule has 4 fully saturated rings. The lowest BCUT2D eigenvalue weighted by Gasteiger charge is -2.63. The van der Waals surface area contributed by atoms with E-state index in [9.17, 15) is 23.6 Å². The lowest BCUT2D eigenvalue weighted by molar-refractivity contribution is -0.164. The summed E-state index contributed by atoms with van der Waals surface area (Å²) in [6.45, 7) is 13.9. The van der Waals surface area contributed by atoms with Gasteiger partial charge in [0.2, 0.25) is 5.91 Å². The molecule has 1 spiro atoms. The van der Waals surface area contributed by atoms with Gasteiger partial charge in [-0.25, -0.2) is 8.78 Å². The first kappa shape index (κ1) is 50.7. The van der Waals surface area contributed by atoms with Crippen molar-refractivity contribution in [3.8, 4) is 34.4 Å². The molecule has 3 aromatic carbocycles. The number of nitriles is 1. The number of fused-ring (bicyclic) bond motifs is 2. The third kappa shape index (κ3) is 9.31. The number of aromatic nitrogens is 4. The fraction of sp³-hybridized carbons (Fsp3) is 0.542. The van der Waals surface area contributed by atoms with Crippen LogP contribution in [0.2, 0.25) is 0 Å². The number of halogens is 2. The van der Waals surface area contributed by atoms with Crippen molar-refractivity contribution in [2.24, 2.45) is 23.3 Å². The zero-order chi connectivity index (χ0) is 52.6. The molecule has 1 saturated heterocycles. The minimum Gasteiger partial charge on any atom is -0.495 e. The Morgan fingerprint density at radius 1 is 0.880 bits per heavy atom. The standard InChI is InChI=1S/C59H71F2N9O5/c1-36(71)68-26-20-49-48(35-68)53(69-23-8-9-38-27-46(40-33-63-66(6)34-40)47(52(60)61)29-50(38)69)65-70(49)41-18-24-67(25-19-41)42-30-59(31-42)21-16-44(17-22-59)74-43-13-10-37(11-14-43)54(72)64-55-57(2,3)56(58(55,4)5)75-45-15-12-39(32-62)51(28-45)73-7/h10-15,27-29,33-34,41-42,44,52,55-56H,8-9,16-26,30-31,35H2,1-7H3,(H,64,72). The van der Waals surface area contributed by atoms with Crippen LogP contribution < -0.4 is 24.4 Å². The first-order chi connectivity index (χ1) is 35.9. The summed E-state index contributed by atoms with van der Waals surface area (Å²) in [5.74, 6) is 2.59. The molecule has 2 aromatic heterocycles. The molecule has 396 valence electrons. The molecule has 3 aliphatic carbocycles. The summed E-state index contributed by atoms with van der Waals surface area (Å²) < 4.78 is 51.9. The summed E-state index contributed by atoms with van der Waals surface area (Å²) in [7, 11) is 3.33. The number of ether oxygens (including phenoxy) is 3. The molecule has 3 aliphatic heterocycles. The van der Waals surface area contributed by atoms with Crippen LogP contribution in [0.1, 0.15) is 143 Å². The lowest BCUT2D eigenvalue weighted by Crippen LogP contribution is -2.74. The average molecular weight is 1020 g/mol. The van der Waals surface area contributed by atoms with Crippen molar-refractivity contribution in [1.82, 2.24) is 34.7 Å². The predicted octanol–water partition coefficient (Wildman–Crippen LogP) is 10.5. The first-order valence-corrected chi connectivity index (χ1v) is 27.1. The molecule has 3 saturated carbocycles. The Kier molecular flexibility index (Phi) is 13.2. The van der Waals surface area contributed by atoms with Gasteiger partial charge in [0.15, 0.2) is 5.82 Å². The van der Waals surface area contributed by atoms with Crippen molar-refractivity contribution in [2.45, 2.75) is 149 Å². The summed E-state index contributed by atoms with van der Waals surface area (Å²) in [5, 5.41) is 22.4. The summed E-state index contributed by atoms with van der Waals surface area (Å²) >= 11 is 0. The molecule has 0 unspecified atom stereocenters. The van der Waals surface area contributed by atoms with Crippen LogP contribution in [0.25, 0.3) is 11.1 Å². The van der Waals surface area contributed by atoms with Crippen molar-refractivity contribution < 1.29 is 32.6 Å². The maximum absolute atomic E-state index is 14.8. The van der Waals surface area contributed by atoms with Gasteiger partial charge in [0, 0.05) is 115 Å². The van der Waals surface area contributed by atoms with Crippen molar-refractivity contribution in [3.05, 3.63) is 101 Å². The maximum Gasteiger partial charge on any atom is 0.264 e. The van der Waals surface area contributed by atoms with E-state index < -0.39 is 6.43 Å². The molecule has 14 nitrogen and oxygen atoms in total. The lowest BCUT2D eigenvalue weighted by atomic mass is 9.49. The molecular weight excluding hydrogens is 953 g/mol. The van der Waals surface area contributed by atoms with Gasteiger partial charge in [-0.15, -0.1) is 0 Å². The van der Waals surface area contributed by atoms with Crippen molar-refractivity contribution in [1.29, 1.82) is 5.26 Å². The number of anilines is 2. The van der Waals surface area contributed by atoms with Crippen molar-refractivity contribution in [3.63, 3.8) is 0 Å². The molecule has 6 aliphatic rings. The van der Waals surface area contributed by atoms with Crippen LogP contribution in [0.3, 0.4) is 0 Å². The molecule has 0 bridgehead atoms. The smallest absolute Gasteiger partial charge is 0.264 e. The zero-order valence-electron chi connectivity index (χ0n) is 44.5. The monoisotopic (exact) mass is 1020 g/mol. The summed E-state index contributed by atoms with van der Waals surface area (Å²) in [5.41, 5.74) is 5.92. The largest absolute Gasteiger partial charge is 0.495 e. The van der Waals surface area contributed by atoms with Gasteiger partial charge in [0.1, 0.15) is 29.4 Å². The number of carbonyl (C=O) groups is 2. The van der Waals surface area contributed by atoms with Gasteiger partial charge in [-0.05, 0) is 129 Å². The molecule has 5 aromatic rings. The Morgan fingerprint density at radius 2 is 1.60 bits per heavy atom. The summed E-state index contributed by atoms with van der Waals surface area (Å²) in [6.07, 6.45) is 11.9. The second-order valence-electron chi connectivity index (χ2n) is 23.6. The number of benzene rings is 3. The van der Waals surface area contributed by atoms with Crippen LogP contribution in [-0.2, 0) is 31.2 Å². The number of carbonyl (C=O) groups excluding carboxylic acids is 2. The number of hydrogen-bond acceptors (Lipinski definition) is 10. The highest BCUT2D eigenvalue weighted by atomic mass is 19.3. The Labute approximate surface area is 439 Å². The Morgan fingerprint density at radius 3 is 2.25 bits per heavy atom. The Hall–Kier alpha value is -6.47. The molecule has 11 rings (SSSR count). The fourth-order valence-corrected chi connectivity index (χ4v) is 14.4. The molecule has 0 atom stereocenters. The van der Waals surface area contributed by atoms with Crippen molar-refractivity contribution >= 4 is 23.3 Å². The highest BCUT2D eigenvalue weighted by Crippen LogP contribution is 2.57. The number of piperidine rings is 1. The van der Waals surface area contributed by atoms with Crippen LogP contribution in [0, 0.1) is 27.6 Å². The van der Waals surface area contributed by atoms with Crippen LogP contribution in [-0.4, -0.2) is 98.8 Å². The van der Waals surface area contributed by atoms with Gasteiger partial charge in [0.25, 0.3) is 12.3 Å². The van der Waals surface area contributed by atoms with E-state index in [1.807, 2.05) is 35.2 Å². The van der Waals surface area contributed by atoms with Gasteiger partial charge < -0.3 is 34.2 Å². The number of likely N-dealkylation sites (tertiary alicyclic amines) is 1. The Bertz CT molecular complexity index is 2990. The highest BCUT2D eigenvalue weighted by molar-refractivity contribution is 5.94. The number of methoxy groups -OCH3 is 1. The van der Waals surface area contributed by atoms with Crippen molar-refractivity contribution in [2.75, 3.05) is 38.2 Å². The summed E-state index contributed by atoms with van der Waals surface area (Å²) in [4.78, 5) is 33.1. The van der Waals surface area contributed by atoms with E-state index >= 15 is 0 Å². The quantitative estimate of drug-likeness (QED) is 0.128. The van der Waals surface area contributed by atoms with Crippen LogP contribution in [0.5, 0.6) is 17.2 Å². The molecule has 0 radical (unpaired) electrons. The number of nitrogens with one attached hydrogen (secondary N) is 1. The second-order valence-corrected chi connectivity index (χ2v) is 23.6. The first-order valence-electron chi connectivity index (χ1n) is 27.1. The normalized spacial score (nSPS) is 25.1. The van der Waals surface area contributed by atoms with E-state index in [1.54, 1.807) is 55.3 Å². The molecular formula is C59H71F2N9O5. The molecule has 5 heterocycles. The van der Waals surface area contributed by atoms with E-state index in [2.05, 4.69) is 58.7 Å². The number of alkyl halides is 2. The third-order valence-corrected chi connectivity index (χ3v) is 18.2. The Balaban J connectivity index is 0.677. The molecule has 1 N–H and O–H groups in total. The fourth-order valence-electron chi connectivity index (χ4n) is 14.4. The number of amides is 2. The number of nitrogens with zero attached hydrogens (tertiary/aromatic N) is 8. The van der Waals surface area contributed by atoms with Crippen LogP contribution in [0.15, 0.2) is 67.0 Å². The van der Waals surface area contributed by atoms with Gasteiger partial charge >= 0.3 is 0 Å². The molecule has 16 heteroatoms. The van der Waals surface area contributed by atoms with E-state index in [4.69, 9.17) is 19.3 Å². The predicted molar refractivity (Wildman–Crippen MR) is 282 cm³/mol. The number of aryl methyl sites for hydroxylation is 2. The number of rotatable bonds is 12. The van der Waals surface area contributed by atoms with E-state index in [0.717, 1.165) is 99.3 Å². The summed E-state index contributed by atoms with van der Waals surface area (Å²) in [6, 6.07) is 19.2.